The van der Waals surface area contributed by atoms with E-state index < -0.39 is 11.8 Å². The van der Waals surface area contributed by atoms with Crippen LogP contribution in [0.2, 0.25) is 0 Å². The van der Waals surface area contributed by atoms with Gasteiger partial charge in [0.25, 0.3) is 5.91 Å². The van der Waals surface area contributed by atoms with E-state index >= 15 is 0 Å². The Morgan fingerprint density at radius 3 is 2.55 bits per heavy atom. The Kier molecular flexibility index (Phi) is 4.33. The summed E-state index contributed by atoms with van der Waals surface area (Å²) in [7, 11) is 0. The van der Waals surface area contributed by atoms with Crippen LogP contribution in [0.1, 0.15) is 20.8 Å². The maximum absolute atomic E-state index is 12.0. The fourth-order valence-corrected chi connectivity index (χ4v) is 1.66. The summed E-state index contributed by atoms with van der Waals surface area (Å²) in [4.78, 5) is 37.0. The summed E-state index contributed by atoms with van der Waals surface area (Å²) < 4.78 is 0. The molecule has 0 saturated heterocycles. The van der Waals surface area contributed by atoms with Crippen molar-refractivity contribution < 1.29 is 19.5 Å². The van der Waals surface area contributed by atoms with Crippen LogP contribution in [0.15, 0.2) is 36.5 Å². The number of phenols is 1. The number of aromatic hydroxyl groups is 1. The van der Waals surface area contributed by atoms with Crippen LogP contribution in [-0.2, 0) is 4.79 Å². The molecule has 2 rings (SSSR count). The summed E-state index contributed by atoms with van der Waals surface area (Å²) in [6.07, 6.45) is 1.66. The molecule has 8 nitrogen and oxygen atoms in total. The van der Waals surface area contributed by atoms with Crippen molar-refractivity contribution in [2.75, 3.05) is 10.6 Å². The van der Waals surface area contributed by atoms with Gasteiger partial charge in [0.15, 0.2) is 0 Å². The SMILES string of the molecule is NC(=O)c1ccc(C(=O)Nc2ccc(NC=O)cc2O)nc1. The molecule has 1 heterocycles. The fraction of sp³-hybridized carbons (Fsp3) is 0. The van der Waals surface area contributed by atoms with Gasteiger partial charge >= 0.3 is 0 Å². The predicted molar refractivity (Wildman–Crippen MR) is 78.5 cm³/mol. The summed E-state index contributed by atoms with van der Waals surface area (Å²) in [6, 6.07) is 6.94. The number of carbonyl (C=O) groups is 3. The Labute approximate surface area is 125 Å². The van der Waals surface area contributed by atoms with E-state index in [-0.39, 0.29) is 22.7 Å². The van der Waals surface area contributed by atoms with Crippen molar-refractivity contribution in [3.63, 3.8) is 0 Å². The maximum atomic E-state index is 12.0. The van der Waals surface area contributed by atoms with E-state index in [4.69, 9.17) is 5.73 Å². The molecule has 3 amide bonds. The second-order valence-corrected chi connectivity index (χ2v) is 4.24. The Balaban J connectivity index is 2.14. The van der Waals surface area contributed by atoms with Gasteiger partial charge in [0, 0.05) is 18.0 Å². The van der Waals surface area contributed by atoms with Crippen LogP contribution in [0.3, 0.4) is 0 Å². The average molecular weight is 300 g/mol. The minimum Gasteiger partial charge on any atom is -0.506 e. The van der Waals surface area contributed by atoms with E-state index in [1.807, 2.05) is 0 Å². The monoisotopic (exact) mass is 300 g/mol. The molecule has 2 aromatic rings. The molecular formula is C14H12N4O4. The van der Waals surface area contributed by atoms with Gasteiger partial charge in [-0.25, -0.2) is 0 Å². The number of phenolic OH excluding ortho intramolecular Hbond substituents is 1. The first kappa shape index (κ1) is 15.0. The molecule has 0 bridgehead atoms. The van der Waals surface area contributed by atoms with Gasteiger partial charge in [-0.15, -0.1) is 0 Å². The van der Waals surface area contributed by atoms with Gasteiger partial charge in [0.2, 0.25) is 12.3 Å². The number of hydrogen-bond donors (Lipinski definition) is 4. The number of primary amides is 1. The molecule has 0 unspecified atom stereocenters. The first-order chi connectivity index (χ1) is 10.5. The number of nitrogens with two attached hydrogens (primary N) is 1. The normalized spacial score (nSPS) is 9.82. The molecule has 1 aromatic carbocycles. The van der Waals surface area contributed by atoms with Crippen LogP contribution in [0.25, 0.3) is 0 Å². The largest absolute Gasteiger partial charge is 0.506 e. The molecular weight excluding hydrogens is 288 g/mol. The van der Waals surface area contributed by atoms with Crippen LogP contribution in [0.5, 0.6) is 5.75 Å². The van der Waals surface area contributed by atoms with E-state index in [1.165, 1.54) is 36.5 Å². The van der Waals surface area contributed by atoms with Crippen molar-refractivity contribution in [3.8, 4) is 5.75 Å². The highest BCUT2D eigenvalue weighted by molar-refractivity contribution is 6.04. The summed E-state index contributed by atoms with van der Waals surface area (Å²) >= 11 is 0. The van der Waals surface area contributed by atoms with E-state index in [1.54, 1.807) is 0 Å². The third-order valence-corrected chi connectivity index (χ3v) is 2.75. The number of amides is 3. The Morgan fingerprint density at radius 2 is 2.00 bits per heavy atom. The third kappa shape index (κ3) is 3.37. The van der Waals surface area contributed by atoms with Gasteiger partial charge in [0.1, 0.15) is 11.4 Å². The van der Waals surface area contributed by atoms with E-state index in [2.05, 4.69) is 15.6 Å². The van der Waals surface area contributed by atoms with Crippen LogP contribution < -0.4 is 16.4 Å². The zero-order chi connectivity index (χ0) is 16.1. The van der Waals surface area contributed by atoms with Gasteiger partial charge < -0.3 is 21.5 Å². The number of hydrogen-bond acceptors (Lipinski definition) is 5. The molecule has 112 valence electrons. The standard InChI is InChI=1S/C14H12N4O4/c15-13(21)8-1-3-11(16-6-8)14(22)18-10-4-2-9(17-7-19)5-12(10)20/h1-7,20H,(H2,15,21)(H,17,19)(H,18,22). The van der Waals surface area contributed by atoms with Crippen molar-refractivity contribution in [3.05, 3.63) is 47.8 Å². The molecule has 0 aliphatic carbocycles. The molecule has 0 saturated carbocycles. The maximum Gasteiger partial charge on any atom is 0.274 e. The number of rotatable bonds is 5. The Bertz CT molecular complexity index is 728. The highest BCUT2D eigenvalue weighted by Gasteiger charge is 2.11. The summed E-state index contributed by atoms with van der Waals surface area (Å²) in [5.41, 5.74) is 5.86. The van der Waals surface area contributed by atoms with E-state index in [0.29, 0.717) is 12.1 Å². The lowest BCUT2D eigenvalue weighted by Crippen LogP contribution is -2.16. The summed E-state index contributed by atoms with van der Waals surface area (Å²) in [6.45, 7) is 0. The minimum absolute atomic E-state index is 0.0551. The summed E-state index contributed by atoms with van der Waals surface area (Å²) in [5, 5.41) is 14.6. The molecule has 0 spiro atoms. The molecule has 0 aliphatic rings. The molecule has 0 radical (unpaired) electrons. The predicted octanol–water partition coefficient (Wildman–Crippen LogP) is 0.707. The van der Waals surface area contributed by atoms with E-state index in [0.717, 1.165) is 0 Å². The zero-order valence-electron chi connectivity index (χ0n) is 11.2. The van der Waals surface area contributed by atoms with Gasteiger partial charge in [0.05, 0.1) is 11.3 Å². The van der Waals surface area contributed by atoms with Gasteiger partial charge in [-0.2, -0.15) is 0 Å². The molecule has 22 heavy (non-hydrogen) atoms. The number of nitrogens with one attached hydrogen (secondary N) is 2. The summed E-state index contributed by atoms with van der Waals surface area (Å²) in [5.74, 6) is -1.42. The van der Waals surface area contributed by atoms with Gasteiger partial charge in [-0.05, 0) is 24.3 Å². The van der Waals surface area contributed by atoms with Gasteiger partial charge in [-0.1, -0.05) is 0 Å². The van der Waals surface area contributed by atoms with Crippen molar-refractivity contribution in [2.45, 2.75) is 0 Å². The van der Waals surface area contributed by atoms with Crippen molar-refractivity contribution >= 4 is 29.6 Å². The Hall–Kier alpha value is -3.42. The molecule has 0 atom stereocenters. The quantitative estimate of drug-likeness (QED) is 0.476. The fourth-order valence-electron chi connectivity index (χ4n) is 1.66. The van der Waals surface area contributed by atoms with Crippen LogP contribution >= 0.6 is 0 Å². The minimum atomic E-state index is -0.643. The van der Waals surface area contributed by atoms with Crippen LogP contribution in [-0.4, -0.2) is 28.3 Å². The highest BCUT2D eigenvalue weighted by atomic mass is 16.3. The molecule has 0 fully saturated rings. The number of pyridine rings is 1. The average Bonchev–Trinajstić information content (AvgIpc) is 2.50. The topological polar surface area (TPSA) is 134 Å². The first-order valence-corrected chi connectivity index (χ1v) is 6.11. The molecule has 8 heteroatoms. The lowest BCUT2D eigenvalue weighted by Gasteiger charge is -2.08. The first-order valence-electron chi connectivity index (χ1n) is 6.11. The smallest absolute Gasteiger partial charge is 0.274 e. The highest BCUT2D eigenvalue weighted by Crippen LogP contribution is 2.26. The number of benzene rings is 1. The molecule has 1 aromatic heterocycles. The van der Waals surface area contributed by atoms with Crippen molar-refractivity contribution in [1.29, 1.82) is 0 Å². The van der Waals surface area contributed by atoms with Crippen LogP contribution in [0.4, 0.5) is 11.4 Å². The second kappa shape index (κ2) is 6.35. The van der Waals surface area contributed by atoms with Crippen LogP contribution in [0, 0.1) is 0 Å². The van der Waals surface area contributed by atoms with E-state index in [9.17, 15) is 19.5 Å². The van der Waals surface area contributed by atoms with Gasteiger partial charge in [-0.3, -0.25) is 19.4 Å². The molecule has 5 N–H and O–H groups in total. The third-order valence-electron chi connectivity index (χ3n) is 2.75. The zero-order valence-corrected chi connectivity index (χ0v) is 11.2. The number of aromatic nitrogens is 1. The van der Waals surface area contributed by atoms with Crippen molar-refractivity contribution in [2.24, 2.45) is 5.73 Å². The number of carbonyl (C=O) groups excluding carboxylic acids is 3. The Morgan fingerprint density at radius 1 is 1.23 bits per heavy atom. The van der Waals surface area contributed by atoms with Crippen molar-refractivity contribution in [1.82, 2.24) is 4.98 Å². The lowest BCUT2D eigenvalue weighted by atomic mass is 10.2. The number of nitrogens with zero attached hydrogens (tertiary/aromatic N) is 1. The lowest BCUT2D eigenvalue weighted by molar-refractivity contribution is -0.105. The molecule has 0 aliphatic heterocycles. The number of anilines is 2. The second-order valence-electron chi connectivity index (χ2n) is 4.24.